The molecule has 0 bridgehead atoms. The van der Waals surface area contributed by atoms with Crippen molar-refractivity contribution in [1.29, 1.82) is 0 Å². The summed E-state index contributed by atoms with van der Waals surface area (Å²) in [6, 6.07) is 16.2. The van der Waals surface area contributed by atoms with E-state index < -0.39 is 0 Å². The first-order valence-electron chi connectivity index (χ1n) is 6.24. The largest absolute Gasteiger partial charge is 0.443 e. The number of thiazole rings is 1. The molecule has 0 amide bonds. The van der Waals surface area contributed by atoms with Crippen molar-refractivity contribution in [2.75, 3.05) is 0 Å². The molecule has 0 aliphatic carbocycles. The zero-order valence-corrected chi connectivity index (χ0v) is 11.3. The maximum atomic E-state index is 5.60. The standard InChI is InChI=1S/C16H10N2OS/c1-2-4-11(5-3-1)15-16(19-9-17-15)12-6-7-13-14(8-12)20-10-18-13/h1-10H. The van der Waals surface area contributed by atoms with Gasteiger partial charge in [0, 0.05) is 11.1 Å². The van der Waals surface area contributed by atoms with E-state index in [1.165, 1.54) is 6.39 Å². The quantitative estimate of drug-likeness (QED) is 0.537. The molecule has 2 aromatic carbocycles. The van der Waals surface area contributed by atoms with Gasteiger partial charge in [-0.1, -0.05) is 30.3 Å². The monoisotopic (exact) mass is 278 g/mol. The van der Waals surface area contributed by atoms with E-state index in [1.807, 2.05) is 48.0 Å². The molecule has 20 heavy (non-hydrogen) atoms. The summed E-state index contributed by atoms with van der Waals surface area (Å²) in [6.07, 6.45) is 1.49. The van der Waals surface area contributed by atoms with Gasteiger partial charge in [-0.05, 0) is 18.2 Å². The lowest BCUT2D eigenvalue weighted by Crippen LogP contribution is -1.82. The summed E-state index contributed by atoms with van der Waals surface area (Å²) in [6.45, 7) is 0. The molecule has 0 fully saturated rings. The van der Waals surface area contributed by atoms with E-state index in [4.69, 9.17) is 4.42 Å². The van der Waals surface area contributed by atoms with Crippen LogP contribution in [-0.2, 0) is 0 Å². The van der Waals surface area contributed by atoms with E-state index in [0.717, 1.165) is 32.8 Å². The number of benzene rings is 2. The molecule has 0 saturated heterocycles. The van der Waals surface area contributed by atoms with Gasteiger partial charge in [0.05, 0.1) is 15.7 Å². The van der Waals surface area contributed by atoms with E-state index in [0.29, 0.717) is 0 Å². The van der Waals surface area contributed by atoms with Crippen LogP contribution in [0.25, 0.3) is 32.8 Å². The lowest BCUT2D eigenvalue weighted by Gasteiger charge is -2.01. The van der Waals surface area contributed by atoms with Crippen LogP contribution in [0.4, 0.5) is 0 Å². The second kappa shape index (κ2) is 4.58. The molecule has 2 aromatic heterocycles. The summed E-state index contributed by atoms with van der Waals surface area (Å²) in [5.74, 6) is 0.798. The molecule has 3 nitrogen and oxygen atoms in total. The van der Waals surface area contributed by atoms with E-state index in [-0.39, 0.29) is 0 Å². The number of rotatable bonds is 2. The van der Waals surface area contributed by atoms with Gasteiger partial charge in [-0.3, -0.25) is 0 Å². The van der Waals surface area contributed by atoms with Gasteiger partial charge in [0.2, 0.25) is 0 Å². The summed E-state index contributed by atoms with van der Waals surface area (Å²) in [7, 11) is 0. The molecule has 4 aromatic rings. The van der Waals surface area contributed by atoms with Crippen molar-refractivity contribution in [2.45, 2.75) is 0 Å². The van der Waals surface area contributed by atoms with Crippen LogP contribution in [0.15, 0.2) is 64.9 Å². The lowest BCUT2D eigenvalue weighted by molar-refractivity contribution is 0.572. The fourth-order valence-corrected chi connectivity index (χ4v) is 2.97. The highest BCUT2D eigenvalue weighted by atomic mass is 32.1. The molecule has 0 N–H and O–H groups in total. The average molecular weight is 278 g/mol. The van der Waals surface area contributed by atoms with Crippen molar-refractivity contribution in [3.8, 4) is 22.6 Å². The number of hydrogen-bond acceptors (Lipinski definition) is 4. The van der Waals surface area contributed by atoms with Crippen LogP contribution < -0.4 is 0 Å². The summed E-state index contributed by atoms with van der Waals surface area (Å²) in [4.78, 5) is 8.65. The van der Waals surface area contributed by atoms with Crippen molar-refractivity contribution >= 4 is 21.6 Å². The second-order valence-corrected chi connectivity index (χ2v) is 5.32. The Morgan fingerprint density at radius 3 is 2.70 bits per heavy atom. The van der Waals surface area contributed by atoms with Crippen LogP contribution in [0.3, 0.4) is 0 Å². The van der Waals surface area contributed by atoms with Gasteiger partial charge in [-0.15, -0.1) is 11.3 Å². The van der Waals surface area contributed by atoms with E-state index in [9.17, 15) is 0 Å². The lowest BCUT2D eigenvalue weighted by atomic mass is 10.1. The molecule has 4 rings (SSSR count). The van der Waals surface area contributed by atoms with Crippen molar-refractivity contribution in [1.82, 2.24) is 9.97 Å². The smallest absolute Gasteiger partial charge is 0.182 e. The third-order valence-electron chi connectivity index (χ3n) is 3.21. The minimum atomic E-state index is 0.798. The van der Waals surface area contributed by atoms with Gasteiger partial charge >= 0.3 is 0 Å². The van der Waals surface area contributed by atoms with Crippen molar-refractivity contribution in [3.05, 3.63) is 60.4 Å². The third-order valence-corrected chi connectivity index (χ3v) is 4.00. The highest BCUT2D eigenvalue weighted by Gasteiger charge is 2.13. The second-order valence-electron chi connectivity index (χ2n) is 4.43. The third kappa shape index (κ3) is 1.82. The summed E-state index contributed by atoms with van der Waals surface area (Å²) >= 11 is 1.63. The van der Waals surface area contributed by atoms with Crippen LogP contribution in [-0.4, -0.2) is 9.97 Å². The molecule has 4 heteroatoms. The minimum absolute atomic E-state index is 0.798. The predicted octanol–water partition coefficient (Wildman–Crippen LogP) is 4.62. The molecule has 0 spiro atoms. The number of nitrogens with zero attached hydrogens (tertiary/aromatic N) is 2. The van der Waals surface area contributed by atoms with Gasteiger partial charge in [-0.2, -0.15) is 0 Å². The van der Waals surface area contributed by atoms with Gasteiger partial charge in [-0.25, -0.2) is 9.97 Å². The topological polar surface area (TPSA) is 38.9 Å². The molecule has 96 valence electrons. The Bertz CT molecular complexity index is 864. The summed E-state index contributed by atoms with van der Waals surface area (Å²) in [5, 5.41) is 0. The van der Waals surface area contributed by atoms with Crippen LogP contribution in [0.2, 0.25) is 0 Å². The number of fused-ring (bicyclic) bond motifs is 1. The van der Waals surface area contributed by atoms with Crippen LogP contribution >= 0.6 is 11.3 Å². The van der Waals surface area contributed by atoms with Crippen molar-refractivity contribution in [3.63, 3.8) is 0 Å². The van der Waals surface area contributed by atoms with E-state index >= 15 is 0 Å². The van der Waals surface area contributed by atoms with E-state index in [2.05, 4.69) is 16.0 Å². The number of aromatic nitrogens is 2. The first-order chi connectivity index (χ1) is 9.92. The van der Waals surface area contributed by atoms with Gasteiger partial charge < -0.3 is 4.42 Å². The Balaban J connectivity index is 1.88. The molecular weight excluding hydrogens is 268 g/mol. The first kappa shape index (κ1) is 11.4. The zero-order chi connectivity index (χ0) is 13.4. The normalized spacial score (nSPS) is 11.0. The van der Waals surface area contributed by atoms with Crippen LogP contribution in [0.5, 0.6) is 0 Å². The molecule has 2 heterocycles. The summed E-state index contributed by atoms with van der Waals surface area (Å²) in [5.41, 5.74) is 5.82. The molecule has 0 unspecified atom stereocenters. The number of hydrogen-bond donors (Lipinski definition) is 0. The Morgan fingerprint density at radius 2 is 1.80 bits per heavy atom. The highest BCUT2D eigenvalue weighted by Crippen LogP contribution is 2.33. The van der Waals surface area contributed by atoms with Crippen LogP contribution in [0.1, 0.15) is 0 Å². The molecule has 0 radical (unpaired) electrons. The number of oxazole rings is 1. The Hall–Kier alpha value is -2.46. The fraction of sp³-hybridized carbons (Fsp3) is 0. The average Bonchev–Trinajstić information content (AvgIpc) is 3.16. The minimum Gasteiger partial charge on any atom is -0.443 e. The molecule has 0 aliphatic heterocycles. The van der Waals surface area contributed by atoms with Gasteiger partial charge in [0.15, 0.2) is 12.2 Å². The van der Waals surface area contributed by atoms with Gasteiger partial charge in [0.25, 0.3) is 0 Å². The predicted molar refractivity (Wildman–Crippen MR) is 80.6 cm³/mol. The molecule has 0 saturated carbocycles. The van der Waals surface area contributed by atoms with E-state index in [1.54, 1.807) is 11.3 Å². The molecular formula is C16H10N2OS. The fourth-order valence-electron chi connectivity index (χ4n) is 2.25. The SMILES string of the molecule is c1ccc(-c2ncoc2-c2ccc3ncsc3c2)cc1. The Morgan fingerprint density at radius 1 is 0.900 bits per heavy atom. The van der Waals surface area contributed by atoms with Gasteiger partial charge in [0.1, 0.15) is 5.69 Å². The maximum Gasteiger partial charge on any atom is 0.182 e. The first-order valence-corrected chi connectivity index (χ1v) is 7.12. The molecule has 0 atom stereocenters. The van der Waals surface area contributed by atoms with Crippen molar-refractivity contribution in [2.24, 2.45) is 0 Å². The maximum absolute atomic E-state index is 5.60. The van der Waals surface area contributed by atoms with Crippen LogP contribution in [0, 0.1) is 0 Å². The zero-order valence-electron chi connectivity index (χ0n) is 10.5. The van der Waals surface area contributed by atoms with Crippen molar-refractivity contribution < 1.29 is 4.42 Å². The highest BCUT2D eigenvalue weighted by molar-refractivity contribution is 7.16. The molecule has 0 aliphatic rings. The Labute approximate surface area is 119 Å². The Kier molecular flexibility index (Phi) is 2.60. The summed E-state index contributed by atoms with van der Waals surface area (Å²) < 4.78 is 6.75.